The van der Waals surface area contributed by atoms with Gasteiger partial charge in [0, 0.05) is 11.3 Å². The molecule has 1 unspecified atom stereocenters. The number of amides is 1. The molecular weight excluding hydrogens is 248 g/mol. The van der Waals surface area contributed by atoms with E-state index in [-0.39, 0.29) is 5.91 Å². The van der Waals surface area contributed by atoms with Crippen LogP contribution in [0.25, 0.3) is 0 Å². The molecular formula is C17H18N2O. The molecule has 0 spiro atoms. The second kappa shape index (κ2) is 5.10. The molecule has 2 aromatic carbocycles. The zero-order chi connectivity index (χ0) is 14.1. The Hall–Kier alpha value is -2.13. The van der Waals surface area contributed by atoms with Crippen molar-refractivity contribution >= 4 is 11.6 Å². The Kier molecular flexibility index (Phi) is 3.28. The van der Waals surface area contributed by atoms with Crippen molar-refractivity contribution in [3.63, 3.8) is 0 Å². The van der Waals surface area contributed by atoms with Gasteiger partial charge in [-0.25, -0.2) is 0 Å². The number of nitrogens with two attached hydrogens (primary N) is 1. The fourth-order valence-electron chi connectivity index (χ4n) is 2.58. The predicted octanol–water partition coefficient (Wildman–Crippen LogP) is 2.91. The lowest BCUT2D eigenvalue weighted by atomic mass is 10.0. The number of nitrogens with zero attached hydrogens (tertiary/aromatic N) is 1. The van der Waals surface area contributed by atoms with Gasteiger partial charge in [0.15, 0.2) is 0 Å². The molecule has 0 aromatic heterocycles. The first-order chi connectivity index (χ1) is 9.70. The Morgan fingerprint density at radius 3 is 2.50 bits per heavy atom. The Labute approximate surface area is 119 Å². The van der Waals surface area contributed by atoms with Gasteiger partial charge < -0.3 is 10.6 Å². The maximum absolute atomic E-state index is 12.4. The lowest BCUT2D eigenvalue weighted by Crippen LogP contribution is -2.23. The molecule has 0 aliphatic carbocycles. The van der Waals surface area contributed by atoms with Crippen LogP contribution in [0.1, 0.15) is 34.3 Å². The average Bonchev–Trinajstić information content (AvgIpc) is 2.84. The van der Waals surface area contributed by atoms with Crippen LogP contribution < -0.4 is 10.6 Å². The van der Waals surface area contributed by atoms with E-state index in [1.807, 2.05) is 41.3 Å². The van der Waals surface area contributed by atoms with E-state index in [0.29, 0.717) is 19.0 Å². The minimum atomic E-state index is 0.0835. The molecule has 1 heterocycles. The first kappa shape index (κ1) is 12.9. The molecule has 1 aliphatic rings. The zero-order valence-electron chi connectivity index (χ0n) is 11.5. The third kappa shape index (κ3) is 2.10. The fraction of sp³-hybridized carbons (Fsp3) is 0.235. The number of hydrogen-bond donors (Lipinski definition) is 1. The SMILES string of the molecule is CC(CN)c1ccc(N2Cc3ccccc3C2=O)cc1. The number of carbonyl (C=O) groups is 1. The first-order valence-electron chi connectivity index (χ1n) is 6.90. The van der Waals surface area contributed by atoms with Gasteiger partial charge in [-0.2, -0.15) is 0 Å². The third-order valence-electron chi connectivity index (χ3n) is 3.95. The number of fused-ring (bicyclic) bond motifs is 1. The van der Waals surface area contributed by atoms with Gasteiger partial charge in [0.25, 0.3) is 5.91 Å². The van der Waals surface area contributed by atoms with Gasteiger partial charge in [0.2, 0.25) is 0 Å². The maximum atomic E-state index is 12.4. The van der Waals surface area contributed by atoms with E-state index < -0.39 is 0 Å². The maximum Gasteiger partial charge on any atom is 0.258 e. The Morgan fingerprint density at radius 1 is 1.15 bits per heavy atom. The van der Waals surface area contributed by atoms with Crippen LogP contribution in [-0.4, -0.2) is 12.5 Å². The van der Waals surface area contributed by atoms with E-state index in [1.54, 1.807) is 0 Å². The number of benzene rings is 2. The predicted molar refractivity (Wildman–Crippen MR) is 80.9 cm³/mol. The van der Waals surface area contributed by atoms with Gasteiger partial charge in [-0.3, -0.25) is 4.79 Å². The van der Waals surface area contributed by atoms with Crippen LogP contribution in [0, 0.1) is 0 Å². The van der Waals surface area contributed by atoms with Crippen LogP contribution in [0.4, 0.5) is 5.69 Å². The van der Waals surface area contributed by atoms with Crippen LogP contribution >= 0.6 is 0 Å². The molecule has 1 aliphatic heterocycles. The van der Waals surface area contributed by atoms with Crippen molar-refractivity contribution in [1.82, 2.24) is 0 Å². The molecule has 3 heteroatoms. The van der Waals surface area contributed by atoms with Gasteiger partial charge in [-0.05, 0) is 41.8 Å². The van der Waals surface area contributed by atoms with E-state index in [1.165, 1.54) is 5.56 Å². The highest BCUT2D eigenvalue weighted by Gasteiger charge is 2.27. The normalized spacial score (nSPS) is 15.3. The lowest BCUT2D eigenvalue weighted by Gasteiger charge is -2.17. The summed E-state index contributed by atoms with van der Waals surface area (Å²) in [5.74, 6) is 0.427. The molecule has 2 N–H and O–H groups in total. The highest BCUT2D eigenvalue weighted by Crippen LogP contribution is 2.29. The van der Waals surface area contributed by atoms with Crippen molar-refractivity contribution in [3.05, 3.63) is 65.2 Å². The summed E-state index contributed by atoms with van der Waals surface area (Å²) in [4.78, 5) is 14.2. The van der Waals surface area contributed by atoms with Crippen molar-refractivity contribution in [2.24, 2.45) is 5.73 Å². The van der Waals surface area contributed by atoms with Gasteiger partial charge in [-0.15, -0.1) is 0 Å². The standard InChI is InChI=1S/C17H18N2O/c1-12(10-18)13-6-8-15(9-7-13)19-11-14-4-2-3-5-16(14)17(19)20/h2-9,12H,10-11,18H2,1H3. The molecule has 0 fully saturated rings. The highest BCUT2D eigenvalue weighted by molar-refractivity contribution is 6.09. The van der Waals surface area contributed by atoms with Crippen LogP contribution in [0.2, 0.25) is 0 Å². The summed E-state index contributed by atoms with van der Waals surface area (Å²) in [6, 6.07) is 15.9. The van der Waals surface area contributed by atoms with E-state index >= 15 is 0 Å². The van der Waals surface area contributed by atoms with Crippen LogP contribution in [-0.2, 0) is 6.54 Å². The average molecular weight is 266 g/mol. The smallest absolute Gasteiger partial charge is 0.258 e. The van der Waals surface area contributed by atoms with E-state index in [4.69, 9.17) is 5.73 Å². The fourth-order valence-corrected chi connectivity index (χ4v) is 2.58. The van der Waals surface area contributed by atoms with Crippen LogP contribution in [0.3, 0.4) is 0 Å². The molecule has 102 valence electrons. The minimum Gasteiger partial charge on any atom is -0.330 e. The number of carbonyl (C=O) groups excluding carboxylic acids is 1. The highest BCUT2D eigenvalue weighted by atomic mass is 16.2. The summed E-state index contributed by atoms with van der Waals surface area (Å²) in [5.41, 5.74) is 9.74. The molecule has 3 rings (SSSR count). The second-order valence-electron chi connectivity index (χ2n) is 5.28. The van der Waals surface area contributed by atoms with Gasteiger partial charge in [-0.1, -0.05) is 37.3 Å². The van der Waals surface area contributed by atoms with Gasteiger partial charge >= 0.3 is 0 Å². The molecule has 3 nitrogen and oxygen atoms in total. The van der Waals surface area contributed by atoms with Crippen LogP contribution in [0.15, 0.2) is 48.5 Å². The topological polar surface area (TPSA) is 46.3 Å². The molecule has 1 amide bonds. The van der Waals surface area contributed by atoms with Crippen molar-refractivity contribution in [2.45, 2.75) is 19.4 Å². The van der Waals surface area contributed by atoms with Crippen LogP contribution in [0.5, 0.6) is 0 Å². The summed E-state index contributed by atoms with van der Waals surface area (Å²) in [5, 5.41) is 0. The lowest BCUT2D eigenvalue weighted by molar-refractivity contribution is 0.0996. The van der Waals surface area contributed by atoms with Crippen molar-refractivity contribution in [1.29, 1.82) is 0 Å². The van der Waals surface area contributed by atoms with Gasteiger partial charge in [0.1, 0.15) is 0 Å². The molecule has 1 atom stereocenters. The number of hydrogen-bond acceptors (Lipinski definition) is 2. The summed E-state index contributed by atoms with van der Waals surface area (Å²) in [7, 11) is 0. The van der Waals surface area contributed by atoms with E-state index in [2.05, 4.69) is 19.1 Å². The zero-order valence-corrected chi connectivity index (χ0v) is 11.5. The summed E-state index contributed by atoms with van der Waals surface area (Å²) in [6.45, 7) is 3.39. The number of anilines is 1. The van der Waals surface area contributed by atoms with Crippen molar-refractivity contribution < 1.29 is 4.79 Å². The molecule has 20 heavy (non-hydrogen) atoms. The van der Waals surface area contributed by atoms with Crippen molar-refractivity contribution in [2.75, 3.05) is 11.4 Å². The molecule has 0 bridgehead atoms. The largest absolute Gasteiger partial charge is 0.330 e. The van der Waals surface area contributed by atoms with E-state index in [0.717, 1.165) is 16.8 Å². The Bertz CT molecular complexity index is 634. The molecule has 0 radical (unpaired) electrons. The monoisotopic (exact) mass is 266 g/mol. The van der Waals surface area contributed by atoms with Gasteiger partial charge in [0.05, 0.1) is 6.54 Å². The summed E-state index contributed by atoms with van der Waals surface area (Å²) >= 11 is 0. The third-order valence-corrected chi connectivity index (χ3v) is 3.95. The minimum absolute atomic E-state index is 0.0835. The summed E-state index contributed by atoms with van der Waals surface area (Å²) < 4.78 is 0. The number of rotatable bonds is 3. The molecule has 0 saturated heterocycles. The summed E-state index contributed by atoms with van der Waals surface area (Å²) in [6.07, 6.45) is 0. The second-order valence-corrected chi connectivity index (χ2v) is 5.28. The van der Waals surface area contributed by atoms with E-state index in [9.17, 15) is 4.79 Å². The molecule has 0 saturated carbocycles. The quantitative estimate of drug-likeness (QED) is 0.928. The molecule has 2 aromatic rings. The Balaban J connectivity index is 1.87. The van der Waals surface area contributed by atoms with Crippen molar-refractivity contribution in [3.8, 4) is 0 Å². The first-order valence-corrected chi connectivity index (χ1v) is 6.90. The Morgan fingerprint density at radius 2 is 1.85 bits per heavy atom.